The van der Waals surface area contributed by atoms with Crippen molar-refractivity contribution in [3.63, 3.8) is 0 Å². The predicted molar refractivity (Wildman–Crippen MR) is 76.5 cm³/mol. The zero-order valence-electron chi connectivity index (χ0n) is 11.3. The number of carbonyl (C=O) groups is 1. The minimum Gasteiger partial charge on any atom is -0.489 e. The van der Waals surface area contributed by atoms with Crippen molar-refractivity contribution in [1.82, 2.24) is 0 Å². The monoisotopic (exact) mass is 271 g/mol. The van der Waals surface area contributed by atoms with Crippen LogP contribution in [0, 0.1) is 0 Å². The van der Waals surface area contributed by atoms with Crippen LogP contribution in [0.15, 0.2) is 54.6 Å². The van der Waals surface area contributed by atoms with Crippen molar-refractivity contribution in [2.75, 3.05) is 0 Å². The van der Waals surface area contributed by atoms with Crippen LogP contribution in [0.5, 0.6) is 11.5 Å². The minimum atomic E-state index is -0.635. The largest absolute Gasteiger partial charge is 0.489 e. The standard InChI is InChI=1S/C16H17NO3/c1-12(17)16(18)20-15-9-7-14(8-10-15)19-11-13-5-3-2-4-6-13/h2-10,12H,11,17H2,1H3/t12-/m0/s1. The fraction of sp³-hybridized carbons (Fsp3) is 0.188. The Morgan fingerprint density at radius 3 is 2.25 bits per heavy atom. The highest BCUT2D eigenvalue weighted by Crippen LogP contribution is 2.19. The Balaban J connectivity index is 1.90. The molecule has 2 aromatic rings. The molecule has 0 saturated heterocycles. The summed E-state index contributed by atoms with van der Waals surface area (Å²) in [6, 6.07) is 16.1. The van der Waals surface area contributed by atoms with E-state index in [2.05, 4.69) is 0 Å². The summed E-state index contributed by atoms with van der Waals surface area (Å²) in [5, 5.41) is 0. The number of hydrogen-bond acceptors (Lipinski definition) is 4. The number of esters is 1. The van der Waals surface area contributed by atoms with Crippen LogP contribution in [-0.2, 0) is 11.4 Å². The van der Waals surface area contributed by atoms with E-state index < -0.39 is 12.0 Å². The molecular weight excluding hydrogens is 254 g/mol. The Labute approximate surface area is 118 Å². The first-order valence-electron chi connectivity index (χ1n) is 6.39. The van der Waals surface area contributed by atoms with E-state index in [0.29, 0.717) is 12.4 Å². The Bertz CT molecular complexity index is 550. The molecule has 2 N–H and O–H groups in total. The second-order valence-electron chi connectivity index (χ2n) is 4.46. The molecule has 0 aliphatic carbocycles. The highest BCUT2D eigenvalue weighted by molar-refractivity contribution is 5.77. The van der Waals surface area contributed by atoms with E-state index in [-0.39, 0.29) is 0 Å². The van der Waals surface area contributed by atoms with E-state index in [4.69, 9.17) is 15.2 Å². The first kappa shape index (κ1) is 14.1. The van der Waals surface area contributed by atoms with Gasteiger partial charge < -0.3 is 15.2 Å². The van der Waals surface area contributed by atoms with E-state index in [1.165, 1.54) is 0 Å². The molecule has 4 heteroatoms. The third-order valence-corrected chi connectivity index (χ3v) is 2.66. The summed E-state index contributed by atoms with van der Waals surface area (Å²) in [7, 11) is 0. The molecule has 0 unspecified atom stereocenters. The number of rotatable bonds is 5. The van der Waals surface area contributed by atoms with Crippen LogP contribution in [0.4, 0.5) is 0 Å². The van der Waals surface area contributed by atoms with Gasteiger partial charge in [0.2, 0.25) is 0 Å². The van der Waals surface area contributed by atoms with Crippen LogP contribution in [0.1, 0.15) is 12.5 Å². The molecule has 104 valence electrons. The number of nitrogens with two attached hydrogens (primary N) is 1. The molecule has 0 radical (unpaired) electrons. The van der Waals surface area contributed by atoms with Gasteiger partial charge in [-0.2, -0.15) is 0 Å². The van der Waals surface area contributed by atoms with Crippen molar-refractivity contribution < 1.29 is 14.3 Å². The molecule has 2 aromatic carbocycles. The summed E-state index contributed by atoms with van der Waals surface area (Å²) < 4.78 is 10.7. The Morgan fingerprint density at radius 1 is 1.05 bits per heavy atom. The van der Waals surface area contributed by atoms with Crippen LogP contribution in [0.25, 0.3) is 0 Å². The molecule has 0 bridgehead atoms. The zero-order chi connectivity index (χ0) is 14.4. The Kier molecular flexibility index (Phi) is 4.74. The van der Waals surface area contributed by atoms with Gasteiger partial charge in [0.05, 0.1) is 0 Å². The first-order chi connectivity index (χ1) is 9.65. The topological polar surface area (TPSA) is 61.6 Å². The number of hydrogen-bond donors (Lipinski definition) is 1. The predicted octanol–water partition coefficient (Wildman–Crippen LogP) is 2.52. The van der Waals surface area contributed by atoms with E-state index in [9.17, 15) is 4.79 Å². The van der Waals surface area contributed by atoms with Gasteiger partial charge in [-0.1, -0.05) is 30.3 Å². The van der Waals surface area contributed by atoms with Crippen molar-refractivity contribution >= 4 is 5.97 Å². The molecule has 0 aliphatic rings. The van der Waals surface area contributed by atoms with E-state index in [1.54, 1.807) is 31.2 Å². The van der Waals surface area contributed by atoms with Gasteiger partial charge in [0, 0.05) is 0 Å². The van der Waals surface area contributed by atoms with Crippen LogP contribution < -0.4 is 15.2 Å². The fourth-order valence-corrected chi connectivity index (χ4v) is 1.55. The summed E-state index contributed by atoms with van der Waals surface area (Å²) in [6.45, 7) is 2.08. The average Bonchev–Trinajstić information content (AvgIpc) is 2.47. The summed E-state index contributed by atoms with van der Waals surface area (Å²) in [5.41, 5.74) is 6.52. The third kappa shape index (κ3) is 4.10. The Morgan fingerprint density at radius 2 is 1.65 bits per heavy atom. The summed E-state index contributed by atoms with van der Waals surface area (Å²) >= 11 is 0. The SMILES string of the molecule is C[C@H](N)C(=O)Oc1ccc(OCc2ccccc2)cc1. The molecule has 0 aromatic heterocycles. The van der Waals surface area contributed by atoms with Gasteiger partial charge in [-0.15, -0.1) is 0 Å². The highest BCUT2D eigenvalue weighted by Gasteiger charge is 2.09. The van der Waals surface area contributed by atoms with Gasteiger partial charge >= 0.3 is 5.97 Å². The molecule has 0 aliphatic heterocycles. The van der Waals surface area contributed by atoms with Crippen LogP contribution in [0.2, 0.25) is 0 Å². The lowest BCUT2D eigenvalue weighted by Crippen LogP contribution is -2.30. The summed E-state index contributed by atoms with van der Waals surface area (Å²) in [4.78, 5) is 11.3. The number of benzene rings is 2. The number of carbonyl (C=O) groups excluding carboxylic acids is 1. The highest BCUT2D eigenvalue weighted by atomic mass is 16.5. The van der Waals surface area contributed by atoms with Crippen LogP contribution >= 0.6 is 0 Å². The van der Waals surface area contributed by atoms with Crippen molar-refractivity contribution in [3.05, 3.63) is 60.2 Å². The molecule has 0 amide bonds. The lowest BCUT2D eigenvalue weighted by atomic mass is 10.2. The van der Waals surface area contributed by atoms with Gasteiger partial charge in [0.15, 0.2) is 0 Å². The van der Waals surface area contributed by atoms with E-state index >= 15 is 0 Å². The minimum absolute atomic E-state index is 0.456. The molecule has 0 heterocycles. The molecule has 1 atom stereocenters. The molecule has 0 saturated carbocycles. The number of ether oxygens (including phenoxy) is 2. The Hall–Kier alpha value is -2.33. The fourth-order valence-electron chi connectivity index (χ4n) is 1.55. The quantitative estimate of drug-likeness (QED) is 0.670. The van der Waals surface area contributed by atoms with Gasteiger partial charge in [-0.05, 0) is 36.8 Å². The summed E-state index contributed by atoms with van der Waals surface area (Å²) in [5.74, 6) is 0.719. The molecule has 0 spiro atoms. The van der Waals surface area contributed by atoms with E-state index in [0.717, 1.165) is 11.3 Å². The molecule has 20 heavy (non-hydrogen) atoms. The normalized spacial score (nSPS) is 11.7. The van der Waals surface area contributed by atoms with Crippen molar-refractivity contribution in [2.24, 2.45) is 5.73 Å². The maximum atomic E-state index is 11.3. The maximum absolute atomic E-state index is 11.3. The zero-order valence-corrected chi connectivity index (χ0v) is 11.3. The van der Waals surface area contributed by atoms with Gasteiger partial charge in [-0.25, -0.2) is 4.79 Å². The molecule has 4 nitrogen and oxygen atoms in total. The lowest BCUT2D eigenvalue weighted by Gasteiger charge is -2.09. The lowest BCUT2D eigenvalue weighted by molar-refractivity contribution is -0.135. The van der Waals surface area contributed by atoms with Crippen molar-refractivity contribution in [3.8, 4) is 11.5 Å². The van der Waals surface area contributed by atoms with Gasteiger partial charge in [-0.3, -0.25) is 0 Å². The van der Waals surface area contributed by atoms with Gasteiger partial charge in [0.1, 0.15) is 24.1 Å². The van der Waals surface area contributed by atoms with Crippen molar-refractivity contribution in [2.45, 2.75) is 19.6 Å². The molecule has 0 fully saturated rings. The van der Waals surface area contributed by atoms with Crippen LogP contribution in [0.3, 0.4) is 0 Å². The second-order valence-corrected chi connectivity index (χ2v) is 4.46. The smallest absolute Gasteiger partial charge is 0.328 e. The maximum Gasteiger partial charge on any atom is 0.328 e. The average molecular weight is 271 g/mol. The van der Waals surface area contributed by atoms with E-state index in [1.807, 2.05) is 30.3 Å². The first-order valence-corrected chi connectivity index (χ1v) is 6.39. The third-order valence-electron chi connectivity index (χ3n) is 2.66. The molecular formula is C16H17NO3. The van der Waals surface area contributed by atoms with Crippen molar-refractivity contribution in [1.29, 1.82) is 0 Å². The van der Waals surface area contributed by atoms with Gasteiger partial charge in [0.25, 0.3) is 0 Å². The second kappa shape index (κ2) is 6.73. The summed E-state index contributed by atoms with van der Waals surface area (Å²) in [6.07, 6.45) is 0. The molecule has 2 rings (SSSR count). The van der Waals surface area contributed by atoms with Crippen LogP contribution in [-0.4, -0.2) is 12.0 Å².